The van der Waals surface area contributed by atoms with Crippen LogP contribution in [0.5, 0.6) is 0 Å². The Labute approximate surface area is 89.4 Å². The minimum Gasteiger partial charge on any atom is -0.392 e. The van der Waals surface area contributed by atoms with Gasteiger partial charge in [0.05, 0.1) is 16.8 Å². The molecule has 0 aliphatic heterocycles. The van der Waals surface area contributed by atoms with Gasteiger partial charge in [0, 0.05) is 18.5 Å². The van der Waals surface area contributed by atoms with Crippen molar-refractivity contribution >= 4 is 11.3 Å². The maximum atomic E-state index is 9.19. The van der Waals surface area contributed by atoms with Crippen LogP contribution in [0.2, 0.25) is 0 Å². The third-order valence-corrected chi connectivity index (χ3v) is 2.95. The summed E-state index contributed by atoms with van der Waals surface area (Å²) in [5.74, 6) is 0. The molecule has 1 heterocycles. The molecule has 1 rings (SSSR count). The number of aromatic nitrogens is 1. The van der Waals surface area contributed by atoms with Gasteiger partial charge in [-0.2, -0.15) is 0 Å². The van der Waals surface area contributed by atoms with Crippen LogP contribution in [0, 0.1) is 0 Å². The van der Waals surface area contributed by atoms with Gasteiger partial charge in [0.2, 0.25) is 0 Å². The van der Waals surface area contributed by atoms with E-state index in [1.54, 1.807) is 18.3 Å². The Hall–Kier alpha value is -0.450. The minimum absolute atomic E-state index is 0.274. The van der Waals surface area contributed by atoms with Crippen molar-refractivity contribution < 1.29 is 5.11 Å². The molecule has 1 aromatic rings. The summed E-state index contributed by atoms with van der Waals surface area (Å²) < 4.78 is 0. The first-order chi connectivity index (χ1) is 6.61. The van der Waals surface area contributed by atoms with Gasteiger partial charge in [-0.3, -0.25) is 4.90 Å². The fourth-order valence-electron chi connectivity index (χ4n) is 1.38. The van der Waals surface area contributed by atoms with Gasteiger partial charge in [-0.25, -0.2) is 4.98 Å². The molecule has 0 aliphatic rings. The summed E-state index contributed by atoms with van der Waals surface area (Å²) in [5, 5.41) is 12.5. The van der Waals surface area contributed by atoms with Crippen molar-refractivity contribution in [3.63, 3.8) is 0 Å². The normalized spacial score (nSPS) is 13.5. The predicted octanol–water partition coefficient (Wildman–Crippen LogP) is 1.52. The standard InChI is InChI=1S/C10H18N2OS/c1-4-10-11-9(7-14-10)6-12(3)5-8(2)13/h7-8,13H,4-6H2,1-3H3. The molecule has 1 N–H and O–H groups in total. The molecule has 0 saturated carbocycles. The average molecular weight is 214 g/mol. The average Bonchev–Trinajstić information content (AvgIpc) is 2.50. The van der Waals surface area contributed by atoms with Gasteiger partial charge in [0.25, 0.3) is 0 Å². The minimum atomic E-state index is -0.274. The highest BCUT2D eigenvalue weighted by Gasteiger charge is 2.06. The third kappa shape index (κ3) is 3.74. The highest BCUT2D eigenvalue weighted by atomic mass is 32.1. The van der Waals surface area contributed by atoms with E-state index in [0.29, 0.717) is 6.54 Å². The second kappa shape index (κ2) is 5.44. The number of nitrogens with zero attached hydrogens (tertiary/aromatic N) is 2. The molecule has 0 spiro atoms. The summed E-state index contributed by atoms with van der Waals surface area (Å²) in [6, 6.07) is 0. The lowest BCUT2D eigenvalue weighted by atomic mass is 10.3. The van der Waals surface area contributed by atoms with E-state index >= 15 is 0 Å². The monoisotopic (exact) mass is 214 g/mol. The number of aliphatic hydroxyl groups excluding tert-OH is 1. The van der Waals surface area contributed by atoms with Crippen LogP contribution in [0.15, 0.2) is 5.38 Å². The van der Waals surface area contributed by atoms with Crippen molar-refractivity contribution in [2.45, 2.75) is 32.9 Å². The van der Waals surface area contributed by atoms with Gasteiger partial charge >= 0.3 is 0 Å². The highest BCUT2D eigenvalue weighted by molar-refractivity contribution is 7.09. The molecule has 0 amide bonds. The van der Waals surface area contributed by atoms with Crippen LogP contribution in [0.4, 0.5) is 0 Å². The van der Waals surface area contributed by atoms with Crippen LogP contribution in [-0.2, 0) is 13.0 Å². The largest absolute Gasteiger partial charge is 0.392 e. The van der Waals surface area contributed by atoms with E-state index < -0.39 is 0 Å². The Bertz CT molecular complexity index is 273. The predicted molar refractivity (Wildman–Crippen MR) is 59.5 cm³/mol. The maximum absolute atomic E-state index is 9.19. The Balaban J connectivity index is 2.43. The summed E-state index contributed by atoms with van der Waals surface area (Å²) in [6.45, 7) is 5.43. The molecular weight excluding hydrogens is 196 g/mol. The molecule has 1 aromatic heterocycles. The van der Waals surface area contributed by atoms with E-state index in [4.69, 9.17) is 0 Å². The number of rotatable bonds is 5. The topological polar surface area (TPSA) is 36.4 Å². The summed E-state index contributed by atoms with van der Waals surface area (Å²) in [7, 11) is 2.00. The number of aryl methyl sites for hydroxylation is 1. The second-order valence-electron chi connectivity index (χ2n) is 3.63. The van der Waals surface area contributed by atoms with Crippen LogP contribution in [0.1, 0.15) is 24.5 Å². The van der Waals surface area contributed by atoms with Gasteiger partial charge in [0.15, 0.2) is 0 Å². The molecule has 3 nitrogen and oxygen atoms in total. The quantitative estimate of drug-likeness (QED) is 0.807. The number of aliphatic hydroxyl groups is 1. The Morgan fingerprint density at radius 1 is 1.64 bits per heavy atom. The molecule has 0 fully saturated rings. The van der Waals surface area contributed by atoms with Crippen LogP contribution in [0.3, 0.4) is 0 Å². The Kier molecular flexibility index (Phi) is 4.51. The van der Waals surface area contributed by atoms with Crippen LogP contribution in [-0.4, -0.2) is 34.7 Å². The van der Waals surface area contributed by atoms with Crippen molar-refractivity contribution in [1.29, 1.82) is 0 Å². The summed E-state index contributed by atoms with van der Waals surface area (Å²) in [6.07, 6.45) is 0.731. The molecule has 14 heavy (non-hydrogen) atoms. The molecule has 1 unspecified atom stereocenters. The van der Waals surface area contributed by atoms with E-state index in [2.05, 4.69) is 22.2 Å². The zero-order chi connectivity index (χ0) is 10.6. The maximum Gasteiger partial charge on any atom is 0.0926 e. The first kappa shape index (κ1) is 11.6. The summed E-state index contributed by atoms with van der Waals surface area (Å²) >= 11 is 1.71. The molecule has 0 bridgehead atoms. The van der Waals surface area contributed by atoms with Gasteiger partial charge < -0.3 is 5.11 Å². The van der Waals surface area contributed by atoms with Gasteiger partial charge in [-0.1, -0.05) is 6.92 Å². The van der Waals surface area contributed by atoms with Crippen molar-refractivity contribution in [2.24, 2.45) is 0 Å². The highest BCUT2D eigenvalue weighted by Crippen LogP contribution is 2.11. The Morgan fingerprint density at radius 2 is 2.36 bits per heavy atom. The summed E-state index contributed by atoms with van der Waals surface area (Å²) in [5.41, 5.74) is 1.11. The van der Waals surface area contributed by atoms with E-state index in [1.165, 1.54) is 5.01 Å². The number of hydrogen-bond acceptors (Lipinski definition) is 4. The van der Waals surface area contributed by atoms with Crippen molar-refractivity contribution in [2.75, 3.05) is 13.6 Å². The molecule has 4 heteroatoms. The van der Waals surface area contributed by atoms with Crippen molar-refractivity contribution in [1.82, 2.24) is 9.88 Å². The molecular formula is C10H18N2OS. The molecule has 0 saturated heterocycles. The lowest BCUT2D eigenvalue weighted by molar-refractivity contribution is 0.138. The van der Waals surface area contributed by atoms with E-state index in [0.717, 1.165) is 18.7 Å². The molecule has 1 atom stereocenters. The van der Waals surface area contributed by atoms with E-state index in [9.17, 15) is 5.11 Å². The van der Waals surface area contributed by atoms with Crippen molar-refractivity contribution in [3.8, 4) is 0 Å². The SMILES string of the molecule is CCc1nc(CN(C)CC(C)O)cs1. The summed E-state index contributed by atoms with van der Waals surface area (Å²) in [4.78, 5) is 6.55. The molecule has 0 aromatic carbocycles. The molecule has 80 valence electrons. The smallest absolute Gasteiger partial charge is 0.0926 e. The fraction of sp³-hybridized carbons (Fsp3) is 0.700. The Morgan fingerprint density at radius 3 is 2.86 bits per heavy atom. The van der Waals surface area contributed by atoms with E-state index in [-0.39, 0.29) is 6.10 Å². The van der Waals surface area contributed by atoms with Gasteiger partial charge in [-0.15, -0.1) is 11.3 Å². The number of thiazole rings is 1. The zero-order valence-corrected chi connectivity index (χ0v) is 9.84. The van der Waals surface area contributed by atoms with E-state index in [1.807, 2.05) is 7.05 Å². The van der Waals surface area contributed by atoms with Crippen LogP contribution >= 0.6 is 11.3 Å². The van der Waals surface area contributed by atoms with Crippen LogP contribution < -0.4 is 0 Å². The first-order valence-electron chi connectivity index (χ1n) is 4.91. The molecule has 0 radical (unpaired) electrons. The van der Waals surface area contributed by atoms with Gasteiger partial charge in [0.1, 0.15) is 0 Å². The third-order valence-electron chi connectivity index (χ3n) is 1.91. The number of likely N-dealkylation sites (N-methyl/N-ethyl adjacent to an activating group) is 1. The second-order valence-corrected chi connectivity index (χ2v) is 4.57. The van der Waals surface area contributed by atoms with Crippen LogP contribution in [0.25, 0.3) is 0 Å². The molecule has 0 aliphatic carbocycles. The fourth-order valence-corrected chi connectivity index (χ4v) is 2.11. The van der Waals surface area contributed by atoms with Gasteiger partial charge in [-0.05, 0) is 20.4 Å². The number of hydrogen-bond donors (Lipinski definition) is 1. The lowest BCUT2D eigenvalue weighted by Crippen LogP contribution is -2.26. The lowest BCUT2D eigenvalue weighted by Gasteiger charge is -2.16. The first-order valence-corrected chi connectivity index (χ1v) is 5.79. The zero-order valence-electron chi connectivity index (χ0n) is 9.03. The van der Waals surface area contributed by atoms with Crippen molar-refractivity contribution in [3.05, 3.63) is 16.1 Å².